The third-order valence-corrected chi connectivity index (χ3v) is 2.57. The standard InChI is InChI=1S/C14H16N2O2/c1-8(2)12(14(16)18)11-6-4-10(5-7-11)9(3)13(15)17/h4-7H,3H2,1-2H3,(H2,15,17)(H2,16,18). The first-order valence-electron chi connectivity index (χ1n) is 5.41. The van der Waals surface area contributed by atoms with Crippen LogP contribution in [0.25, 0.3) is 11.1 Å². The van der Waals surface area contributed by atoms with E-state index >= 15 is 0 Å². The summed E-state index contributed by atoms with van der Waals surface area (Å²) in [5.74, 6) is -1.04. The van der Waals surface area contributed by atoms with Gasteiger partial charge in [0, 0.05) is 11.1 Å². The molecule has 1 aromatic rings. The van der Waals surface area contributed by atoms with Gasteiger partial charge in [0.2, 0.25) is 11.8 Å². The SMILES string of the molecule is C=C(C(N)=O)c1ccc(C(C(N)=O)=C(C)C)cc1. The molecule has 1 rings (SSSR count). The van der Waals surface area contributed by atoms with Crippen LogP contribution in [0.1, 0.15) is 25.0 Å². The van der Waals surface area contributed by atoms with Gasteiger partial charge in [0.05, 0.1) is 0 Å². The molecule has 0 saturated carbocycles. The molecule has 0 spiro atoms. The molecule has 0 aliphatic rings. The first-order valence-corrected chi connectivity index (χ1v) is 5.41. The molecule has 94 valence electrons. The van der Waals surface area contributed by atoms with Gasteiger partial charge in [0.15, 0.2) is 0 Å². The van der Waals surface area contributed by atoms with E-state index in [9.17, 15) is 9.59 Å². The van der Waals surface area contributed by atoms with Crippen molar-refractivity contribution >= 4 is 23.0 Å². The van der Waals surface area contributed by atoms with Gasteiger partial charge in [-0.25, -0.2) is 0 Å². The summed E-state index contributed by atoms with van der Waals surface area (Å²) < 4.78 is 0. The molecule has 0 bridgehead atoms. The largest absolute Gasteiger partial charge is 0.366 e. The normalized spacial score (nSPS) is 9.67. The molecular formula is C14H16N2O2. The van der Waals surface area contributed by atoms with Gasteiger partial charge in [-0.15, -0.1) is 0 Å². The maximum absolute atomic E-state index is 11.3. The lowest BCUT2D eigenvalue weighted by atomic mass is 9.98. The lowest BCUT2D eigenvalue weighted by Gasteiger charge is -2.08. The van der Waals surface area contributed by atoms with Crippen molar-refractivity contribution in [2.75, 3.05) is 0 Å². The minimum atomic E-state index is -0.569. The Balaban J connectivity index is 3.18. The number of carbonyl (C=O) groups is 2. The molecule has 4 heteroatoms. The van der Waals surface area contributed by atoms with E-state index in [0.717, 1.165) is 5.57 Å². The molecule has 0 aliphatic heterocycles. The number of carbonyl (C=O) groups excluding carboxylic acids is 2. The van der Waals surface area contributed by atoms with E-state index in [1.54, 1.807) is 24.3 Å². The molecule has 18 heavy (non-hydrogen) atoms. The van der Waals surface area contributed by atoms with Crippen molar-refractivity contribution in [3.8, 4) is 0 Å². The van der Waals surface area contributed by atoms with E-state index in [1.165, 1.54) is 0 Å². The average molecular weight is 244 g/mol. The van der Waals surface area contributed by atoms with Gasteiger partial charge < -0.3 is 11.5 Å². The Labute approximate surface area is 106 Å². The van der Waals surface area contributed by atoms with E-state index in [1.807, 2.05) is 13.8 Å². The Morgan fingerprint density at radius 1 is 0.944 bits per heavy atom. The summed E-state index contributed by atoms with van der Waals surface area (Å²) in [5, 5.41) is 0. The van der Waals surface area contributed by atoms with Gasteiger partial charge in [0.1, 0.15) is 0 Å². The smallest absolute Gasteiger partial charge is 0.249 e. The number of benzene rings is 1. The minimum Gasteiger partial charge on any atom is -0.366 e. The quantitative estimate of drug-likeness (QED) is 0.786. The summed E-state index contributed by atoms with van der Waals surface area (Å²) in [6, 6.07) is 6.82. The number of rotatable bonds is 4. The van der Waals surface area contributed by atoms with Gasteiger partial charge in [-0.05, 0) is 25.0 Å². The molecule has 0 fully saturated rings. The number of allylic oxidation sites excluding steroid dienone is 1. The Hall–Kier alpha value is -2.36. The van der Waals surface area contributed by atoms with Crippen LogP contribution in [0.3, 0.4) is 0 Å². The highest BCUT2D eigenvalue weighted by molar-refractivity contribution is 6.20. The van der Waals surface area contributed by atoms with Gasteiger partial charge in [-0.2, -0.15) is 0 Å². The second-order valence-electron chi connectivity index (χ2n) is 4.16. The van der Waals surface area contributed by atoms with Gasteiger partial charge in [0.25, 0.3) is 0 Å². The molecule has 0 unspecified atom stereocenters. The lowest BCUT2D eigenvalue weighted by Crippen LogP contribution is -2.14. The second-order valence-corrected chi connectivity index (χ2v) is 4.16. The summed E-state index contributed by atoms with van der Waals surface area (Å²) in [6.07, 6.45) is 0. The predicted molar refractivity (Wildman–Crippen MR) is 72.1 cm³/mol. The summed E-state index contributed by atoms with van der Waals surface area (Å²) in [6.45, 7) is 7.22. The van der Waals surface area contributed by atoms with Crippen LogP contribution in [0.2, 0.25) is 0 Å². The van der Waals surface area contributed by atoms with E-state index in [-0.39, 0.29) is 5.57 Å². The van der Waals surface area contributed by atoms with Crippen LogP contribution in [-0.2, 0) is 9.59 Å². The first kappa shape index (κ1) is 13.7. The lowest BCUT2D eigenvalue weighted by molar-refractivity contribution is -0.113. The van der Waals surface area contributed by atoms with E-state index in [2.05, 4.69) is 6.58 Å². The fourth-order valence-electron chi connectivity index (χ4n) is 1.66. The zero-order valence-corrected chi connectivity index (χ0v) is 10.5. The van der Waals surface area contributed by atoms with Crippen LogP contribution >= 0.6 is 0 Å². The van der Waals surface area contributed by atoms with Crippen molar-refractivity contribution in [1.82, 2.24) is 0 Å². The summed E-state index contributed by atoms with van der Waals surface area (Å²) in [4.78, 5) is 22.3. The van der Waals surface area contributed by atoms with Crippen molar-refractivity contribution in [2.24, 2.45) is 11.5 Å². The molecule has 0 saturated heterocycles. The summed E-state index contributed by atoms with van der Waals surface area (Å²) in [7, 11) is 0. The number of nitrogens with two attached hydrogens (primary N) is 2. The summed E-state index contributed by atoms with van der Waals surface area (Å²) in [5.41, 5.74) is 13.4. The predicted octanol–water partition coefficient (Wildman–Crippen LogP) is 1.46. The maximum atomic E-state index is 11.3. The zero-order chi connectivity index (χ0) is 13.9. The monoisotopic (exact) mass is 244 g/mol. The third-order valence-electron chi connectivity index (χ3n) is 2.57. The number of primary amides is 2. The molecule has 0 heterocycles. The van der Waals surface area contributed by atoms with Gasteiger partial charge in [-0.3, -0.25) is 9.59 Å². The Morgan fingerprint density at radius 3 is 1.72 bits per heavy atom. The van der Waals surface area contributed by atoms with E-state index in [0.29, 0.717) is 16.7 Å². The van der Waals surface area contributed by atoms with Crippen LogP contribution in [0.4, 0.5) is 0 Å². The van der Waals surface area contributed by atoms with Crippen molar-refractivity contribution in [2.45, 2.75) is 13.8 Å². The van der Waals surface area contributed by atoms with E-state index < -0.39 is 11.8 Å². The molecule has 4 nitrogen and oxygen atoms in total. The van der Waals surface area contributed by atoms with Gasteiger partial charge >= 0.3 is 0 Å². The van der Waals surface area contributed by atoms with Crippen molar-refractivity contribution in [1.29, 1.82) is 0 Å². The Bertz CT molecular complexity index is 535. The topological polar surface area (TPSA) is 86.2 Å². The van der Waals surface area contributed by atoms with Crippen LogP contribution in [0, 0.1) is 0 Å². The van der Waals surface area contributed by atoms with Crippen LogP contribution in [-0.4, -0.2) is 11.8 Å². The Kier molecular flexibility index (Phi) is 4.05. The maximum Gasteiger partial charge on any atom is 0.249 e. The fraction of sp³-hybridized carbons (Fsp3) is 0.143. The highest BCUT2D eigenvalue weighted by atomic mass is 16.1. The molecule has 0 aliphatic carbocycles. The van der Waals surface area contributed by atoms with Crippen molar-refractivity contribution in [3.05, 3.63) is 47.5 Å². The molecule has 0 atom stereocenters. The first-order chi connectivity index (χ1) is 8.34. The zero-order valence-electron chi connectivity index (χ0n) is 10.5. The number of hydrogen-bond acceptors (Lipinski definition) is 2. The van der Waals surface area contributed by atoms with Crippen LogP contribution in [0.5, 0.6) is 0 Å². The van der Waals surface area contributed by atoms with Gasteiger partial charge in [-0.1, -0.05) is 36.4 Å². The molecule has 0 radical (unpaired) electrons. The fourth-order valence-corrected chi connectivity index (χ4v) is 1.66. The molecule has 2 amide bonds. The van der Waals surface area contributed by atoms with Crippen molar-refractivity contribution < 1.29 is 9.59 Å². The molecule has 0 aromatic heterocycles. The third kappa shape index (κ3) is 2.85. The molecule has 4 N–H and O–H groups in total. The number of hydrogen-bond donors (Lipinski definition) is 2. The summed E-state index contributed by atoms with van der Waals surface area (Å²) >= 11 is 0. The minimum absolute atomic E-state index is 0.236. The van der Waals surface area contributed by atoms with Crippen molar-refractivity contribution in [3.63, 3.8) is 0 Å². The highest BCUT2D eigenvalue weighted by Gasteiger charge is 2.11. The van der Waals surface area contributed by atoms with Crippen LogP contribution < -0.4 is 11.5 Å². The Morgan fingerprint density at radius 2 is 1.39 bits per heavy atom. The van der Waals surface area contributed by atoms with Crippen LogP contribution in [0.15, 0.2) is 36.4 Å². The molecular weight excluding hydrogens is 228 g/mol. The average Bonchev–Trinajstić information content (AvgIpc) is 2.28. The number of amides is 2. The highest BCUT2D eigenvalue weighted by Crippen LogP contribution is 2.21. The second kappa shape index (κ2) is 5.31. The molecule has 1 aromatic carbocycles. The van der Waals surface area contributed by atoms with E-state index in [4.69, 9.17) is 11.5 Å².